The number of carbonyl (C=O) groups is 1. The van der Waals surface area contributed by atoms with Gasteiger partial charge in [0.15, 0.2) is 0 Å². The van der Waals surface area contributed by atoms with Crippen molar-refractivity contribution in [1.29, 1.82) is 0 Å². The van der Waals surface area contributed by atoms with Crippen molar-refractivity contribution in [2.75, 3.05) is 0 Å². The van der Waals surface area contributed by atoms with E-state index in [1.165, 1.54) is 27.7 Å². The molecule has 20 heavy (non-hydrogen) atoms. The molecule has 0 aliphatic carbocycles. The molecule has 0 spiro atoms. The molecule has 0 unspecified atom stereocenters. The van der Waals surface area contributed by atoms with Gasteiger partial charge in [0, 0.05) is 5.54 Å². The third kappa shape index (κ3) is 3.16. The summed E-state index contributed by atoms with van der Waals surface area (Å²) >= 11 is 0. The third-order valence-electron chi connectivity index (χ3n) is 3.61. The summed E-state index contributed by atoms with van der Waals surface area (Å²) in [5.74, 6) is -1.67. The summed E-state index contributed by atoms with van der Waals surface area (Å²) in [6, 6.07) is 4.32. The minimum Gasteiger partial charge on any atom is -0.481 e. The number of sulfonamides is 1. The molecule has 0 bridgehead atoms. The molecule has 0 atom stereocenters. The van der Waals surface area contributed by atoms with Gasteiger partial charge in [-0.3, -0.25) is 4.79 Å². The minimum atomic E-state index is -3.93. The number of hydrogen-bond donors (Lipinski definition) is 2. The van der Waals surface area contributed by atoms with Crippen LogP contribution >= 0.6 is 0 Å². The van der Waals surface area contributed by atoms with E-state index >= 15 is 0 Å². The zero-order valence-corrected chi connectivity index (χ0v) is 12.6. The van der Waals surface area contributed by atoms with Crippen LogP contribution in [0.25, 0.3) is 0 Å². The van der Waals surface area contributed by atoms with Crippen molar-refractivity contribution >= 4 is 16.0 Å². The first-order chi connectivity index (χ1) is 8.90. The minimum absolute atomic E-state index is 0.117. The monoisotopic (exact) mass is 303 g/mol. The second kappa shape index (κ2) is 5.14. The fourth-order valence-electron chi connectivity index (χ4n) is 1.40. The fourth-order valence-corrected chi connectivity index (χ4v) is 2.94. The molecule has 0 amide bonds. The Morgan fingerprint density at radius 1 is 1.15 bits per heavy atom. The Balaban J connectivity index is 3.13. The highest BCUT2D eigenvalue weighted by atomic mass is 32.2. The highest BCUT2D eigenvalue weighted by molar-refractivity contribution is 7.89. The lowest BCUT2D eigenvalue weighted by molar-refractivity contribution is -0.150. The maximum Gasteiger partial charge on any atom is 0.310 e. The fraction of sp³-hybridized carbons (Fsp3) is 0.462. The standard InChI is InChI=1S/C13H18FNO4S/c1-12(2,11(16)17)13(3,4)15-20(18,19)10-7-5-9(14)6-8-10/h5-8,15H,1-4H3,(H,16,17). The summed E-state index contributed by atoms with van der Waals surface area (Å²) in [7, 11) is -3.93. The van der Waals surface area contributed by atoms with Gasteiger partial charge >= 0.3 is 5.97 Å². The highest BCUT2D eigenvalue weighted by Crippen LogP contribution is 2.32. The molecule has 0 saturated carbocycles. The summed E-state index contributed by atoms with van der Waals surface area (Å²) in [6.45, 7) is 5.84. The first-order valence-electron chi connectivity index (χ1n) is 5.93. The number of carboxylic acid groups (broad SMARTS) is 1. The molecule has 5 nitrogen and oxygen atoms in total. The lowest BCUT2D eigenvalue weighted by atomic mass is 9.75. The number of halogens is 1. The van der Waals surface area contributed by atoms with Gasteiger partial charge in [0.05, 0.1) is 10.3 Å². The molecule has 0 saturated heterocycles. The van der Waals surface area contributed by atoms with E-state index in [1.807, 2.05) is 0 Å². The molecular formula is C13H18FNO4S. The zero-order valence-electron chi connectivity index (χ0n) is 11.8. The van der Waals surface area contributed by atoms with E-state index in [2.05, 4.69) is 4.72 Å². The number of hydrogen-bond acceptors (Lipinski definition) is 3. The molecule has 0 radical (unpaired) electrons. The molecule has 0 aromatic heterocycles. The molecule has 0 aliphatic rings. The molecule has 0 aliphatic heterocycles. The molecule has 1 aromatic rings. The number of rotatable bonds is 5. The lowest BCUT2D eigenvalue weighted by Gasteiger charge is -2.38. The molecule has 1 aromatic carbocycles. The number of aliphatic carboxylic acids is 1. The van der Waals surface area contributed by atoms with Crippen molar-refractivity contribution in [3.05, 3.63) is 30.1 Å². The SMILES string of the molecule is CC(C)(NS(=O)(=O)c1ccc(F)cc1)C(C)(C)C(=O)O. The average molecular weight is 303 g/mol. The van der Waals surface area contributed by atoms with E-state index in [0.717, 1.165) is 24.3 Å². The van der Waals surface area contributed by atoms with Crippen LogP contribution in [0.3, 0.4) is 0 Å². The van der Waals surface area contributed by atoms with Gasteiger partial charge in [-0.2, -0.15) is 0 Å². The first kappa shape index (κ1) is 16.6. The van der Waals surface area contributed by atoms with Crippen LogP contribution in [0, 0.1) is 11.2 Å². The van der Waals surface area contributed by atoms with Crippen molar-refractivity contribution in [2.24, 2.45) is 5.41 Å². The zero-order chi connectivity index (χ0) is 15.8. The summed E-state index contributed by atoms with van der Waals surface area (Å²) in [4.78, 5) is 11.1. The van der Waals surface area contributed by atoms with Crippen molar-refractivity contribution in [3.63, 3.8) is 0 Å². The lowest BCUT2D eigenvalue weighted by Crippen LogP contribution is -2.56. The maximum atomic E-state index is 12.8. The van der Waals surface area contributed by atoms with Gasteiger partial charge in [-0.25, -0.2) is 17.5 Å². The van der Waals surface area contributed by atoms with Gasteiger partial charge in [0.2, 0.25) is 10.0 Å². The van der Waals surface area contributed by atoms with Crippen molar-refractivity contribution < 1.29 is 22.7 Å². The van der Waals surface area contributed by atoms with Gasteiger partial charge in [-0.1, -0.05) is 0 Å². The van der Waals surface area contributed by atoms with Crippen molar-refractivity contribution in [1.82, 2.24) is 4.72 Å². The second-order valence-electron chi connectivity index (χ2n) is 5.61. The number of benzene rings is 1. The van der Waals surface area contributed by atoms with E-state index in [9.17, 15) is 22.7 Å². The first-order valence-corrected chi connectivity index (χ1v) is 7.41. The molecule has 0 heterocycles. The Labute approximate surface area is 117 Å². The highest BCUT2D eigenvalue weighted by Gasteiger charge is 2.45. The Morgan fingerprint density at radius 2 is 1.60 bits per heavy atom. The van der Waals surface area contributed by atoms with Gasteiger partial charge in [-0.05, 0) is 52.0 Å². The van der Waals surface area contributed by atoms with Crippen LogP contribution in [0.1, 0.15) is 27.7 Å². The largest absolute Gasteiger partial charge is 0.481 e. The Hall–Kier alpha value is -1.47. The van der Waals surface area contributed by atoms with Crippen LogP contribution in [0.5, 0.6) is 0 Å². The third-order valence-corrected chi connectivity index (χ3v) is 5.28. The Bertz CT molecular complexity index is 606. The number of nitrogens with one attached hydrogen (secondary N) is 1. The van der Waals surface area contributed by atoms with E-state index < -0.39 is 32.8 Å². The van der Waals surface area contributed by atoms with E-state index in [4.69, 9.17) is 0 Å². The van der Waals surface area contributed by atoms with Crippen LogP contribution in [0.2, 0.25) is 0 Å². The molecule has 7 heteroatoms. The smallest absolute Gasteiger partial charge is 0.310 e. The maximum absolute atomic E-state index is 12.8. The van der Waals surface area contributed by atoms with Gasteiger partial charge in [0.25, 0.3) is 0 Å². The molecule has 112 valence electrons. The molecule has 1 rings (SSSR count). The van der Waals surface area contributed by atoms with E-state index in [-0.39, 0.29) is 4.90 Å². The van der Waals surface area contributed by atoms with Crippen molar-refractivity contribution in [2.45, 2.75) is 38.1 Å². The van der Waals surface area contributed by atoms with Gasteiger partial charge in [0.1, 0.15) is 5.82 Å². The molecular weight excluding hydrogens is 285 g/mol. The summed E-state index contributed by atoms with van der Waals surface area (Å²) in [5, 5.41) is 9.20. The van der Waals surface area contributed by atoms with Crippen LogP contribution in [0.15, 0.2) is 29.2 Å². The van der Waals surface area contributed by atoms with Crippen LogP contribution in [-0.2, 0) is 14.8 Å². The number of carboxylic acids is 1. The van der Waals surface area contributed by atoms with Crippen LogP contribution in [-0.4, -0.2) is 25.0 Å². The van der Waals surface area contributed by atoms with Crippen molar-refractivity contribution in [3.8, 4) is 0 Å². The van der Waals surface area contributed by atoms with Crippen LogP contribution in [0.4, 0.5) is 4.39 Å². The summed E-state index contributed by atoms with van der Waals surface area (Å²) in [5.41, 5.74) is -2.55. The summed E-state index contributed by atoms with van der Waals surface area (Å²) < 4.78 is 39.6. The Morgan fingerprint density at radius 3 is 2.00 bits per heavy atom. The predicted octanol–water partition coefficient (Wildman–Crippen LogP) is 1.99. The quantitative estimate of drug-likeness (QED) is 0.871. The second-order valence-corrected chi connectivity index (χ2v) is 7.30. The Kier molecular flexibility index (Phi) is 4.26. The van der Waals surface area contributed by atoms with E-state index in [1.54, 1.807) is 0 Å². The topological polar surface area (TPSA) is 83.5 Å². The van der Waals surface area contributed by atoms with Crippen LogP contribution < -0.4 is 4.72 Å². The summed E-state index contributed by atoms with van der Waals surface area (Å²) in [6.07, 6.45) is 0. The predicted molar refractivity (Wildman–Crippen MR) is 72.2 cm³/mol. The van der Waals surface area contributed by atoms with Gasteiger partial charge < -0.3 is 5.11 Å². The average Bonchev–Trinajstić information content (AvgIpc) is 2.27. The molecule has 2 N–H and O–H groups in total. The normalized spacial score (nSPS) is 13.2. The molecule has 0 fully saturated rings. The van der Waals surface area contributed by atoms with Gasteiger partial charge in [-0.15, -0.1) is 0 Å². The van der Waals surface area contributed by atoms with E-state index in [0.29, 0.717) is 0 Å².